The summed E-state index contributed by atoms with van der Waals surface area (Å²) in [6, 6.07) is 23.3. The van der Waals surface area contributed by atoms with Gasteiger partial charge in [-0.05, 0) is 47.6 Å². The number of hydrogen-bond donors (Lipinski definition) is 0. The van der Waals surface area contributed by atoms with Gasteiger partial charge in [0.25, 0.3) is 0 Å². The molecule has 0 amide bonds. The third kappa shape index (κ3) is 4.09. The van der Waals surface area contributed by atoms with Crippen molar-refractivity contribution < 1.29 is 0 Å². The quantitative estimate of drug-likeness (QED) is 0.294. The number of para-hydroxylation sites is 1. The molecule has 3 nitrogen and oxygen atoms in total. The van der Waals surface area contributed by atoms with Gasteiger partial charge in [-0.15, -0.1) is 10.2 Å². The highest BCUT2D eigenvalue weighted by Crippen LogP contribution is 2.37. The van der Waals surface area contributed by atoms with Crippen LogP contribution in [0.5, 0.6) is 0 Å². The van der Waals surface area contributed by atoms with Crippen LogP contribution in [-0.4, -0.2) is 14.8 Å². The van der Waals surface area contributed by atoms with Crippen LogP contribution in [0.3, 0.4) is 0 Å². The molecule has 1 aromatic heterocycles. The Morgan fingerprint density at radius 3 is 1.87 bits per heavy atom. The van der Waals surface area contributed by atoms with Crippen molar-refractivity contribution in [1.82, 2.24) is 14.8 Å². The average Bonchev–Trinajstić information content (AvgIpc) is 3.18. The third-order valence-corrected chi connectivity index (χ3v) is 6.25. The fourth-order valence-corrected chi connectivity index (χ4v) is 4.31. The van der Waals surface area contributed by atoms with Crippen LogP contribution >= 0.6 is 15.9 Å². The number of nitrogens with zero attached hydrogens (tertiary/aromatic N) is 3. The predicted molar refractivity (Wildman–Crippen MR) is 133 cm³/mol. The molecule has 0 bridgehead atoms. The van der Waals surface area contributed by atoms with Crippen LogP contribution < -0.4 is 0 Å². The summed E-state index contributed by atoms with van der Waals surface area (Å²) in [5.41, 5.74) is 7.15. The molecule has 1 heterocycles. The monoisotopic (exact) mass is 473 g/mol. The zero-order chi connectivity index (χ0) is 22.1. The van der Waals surface area contributed by atoms with E-state index in [1.165, 1.54) is 22.4 Å². The number of benzene rings is 3. The molecule has 0 radical (unpaired) electrons. The van der Waals surface area contributed by atoms with Gasteiger partial charge in [0.1, 0.15) is 0 Å². The van der Waals surface area contributed by atoms with Gasteiger partial charge in [-0.1, -0.05) is 98.2 Å². The molecule has 0 spiro atoms. The second-order valence-electron chi connectivity index (χ2n) is 8.60. The van der Waals surface area contributed by atoms with Gasteiger partial charge in [-0.3, -0.25) is 4.57 Å². The van der Waals surface area contributed by atoms with Crippen molar-refractivity contribution in [3.8, 4) is 28.5 Å². The highest BCUT2D eigenvalue weighted by atomic mass is 79.9. The van der Waals surface area contributed by atoms with Crippen LogP contribution in [0.25, 0.3) is 28.5 Å². The average molecular weight is 474 g/mol. The maximum atomic E-state index is 4.72. The lowest BCUT2D eigenvalue weighted by Crippen LogP contribution is -2.10. The van der Waals surface area contributed by atoms with Crippen LogP contribution in [0.4, 0.5) is 0 Å². The maximum Gasteiger partial charge on any atom is 0.169 e. The molecular weight excluding hydrogens is 446 g/mol. The van der Waals surface area contributed by atoms with Crippen molar-refractivity contribution in [2.45, 2.75) is 46.5 Å². The highest BCUT2D eigenvalue weighted by Gasteiger charge is 2.24. The molecule has 4 rings (SSSR count). The normalized spacial score (nSPS) is 11.5. The van der Waals surface area contributed by atoms with Gasteiger partial charge in [0.2, 0.25) is 0 Å². The molecule has 0 fully saturated rings. The molecule has 4 heteroatoms. The number of aromatic nitrogens is 3. The molecule has 0 saturated carbocycles. The lowest BCUT2D eigenvalue weighted by Gasteiger charge is -2.23. The van der Waals surface area contributed by atoms with Crippen molar-refractivity contribution in [2.75, 3.05) is 0 Å². The molecule has 0 aliphatic rings. The Balaban J connectivity index is 2.11. The largest absolute Gasteiger partial charge is 0.274 e. The van der Waals surface area contributed by atoms with Crippen molar-refractivity contribution >= 4 is 15.9 Å². The highest BCUT2D eigenvalue weighted by molar-refractivity contribution is 9.10. The molecule has 0 N–H and O–H groups in total. The van der Waals surface area contributed by atoms with E-state index >= 15 is 0 Å². The van der Waals surface area contributed by atoms with Gasteiger partial charge in [0.05, 0.1) is 5.69 Å². The summed E-state index contributed by atoms with van der Waals surface area (Å²) in [6.07, 6.45) is 0. The fourth-order valence-electron chi connectivity index (χ4n) is 4.05. The van der Waals surface area contributed by atoms with E-state index in [0.717, 1.165) is 27.2 Å². The lowest BCUT2D eigenvalue weighted by atomic mass is 9.92. The van der Waals surface area contributed by atoms with Crippen molar-refractivity contribution in [3.63, 3.8) is 0 Å². The predicted octanol–water partition coefficient (Wildman–Crippen LogP) is 7.92. The van der Waals surface area contributed by atoms with Gasteiger partial charge in [-0.25, -0.2) is 0 Å². The molecule has 0 saturated heterocycles. The summed E-state index contributed by atoms with van der Waals surface area (Å²) in [6.45, 7) is 11.1. The van der Waals surface area contributed by atoms with Crippen LogP contribution in [0.2, 0.25) is 0 Å². The van der Waals surface area contributed by atoms with E-state index in [-0.39, 0.29) is 0 Å². The number of rotatable bonds is 5. The summed E-state index contributed by atoms with van der Waals surface area (Å²) in [4.78, 5) is 0. The zero-order valence-corrected chi connectivity index (χ0v) is 20.3. The molecule has 0 atom stereocenters. The van der Waals surface area contributed by atoms with Gasteiger partial charge < -0.3 is 0 Å². The van der Waals surface area contributed by atoms with Gasteiger partial charge in [0.15, 0.2) is 11.6 Å². The number of hydrogen-bond acceptors (Lipinski definition) is 2. The van der Waals surface area contributed by atoms with Gasteiger partial charge in [0, 0.05) is 15.6 Å². The Morgan fingerprint density at radius 2 is 1.29 bits per heavy atom. The smallest absolute Gasteiger partial charge is 0.169 e. The van der Waals surface area contributed by atoms with E-state index in [2.05, 4.69) is 122 Å². The molecule has 31 heavy (non-hydrogen) atoms. The van der Waals surface area contributed by atoms with Crippen molar-refractivity contribution in [1.29, 1.82) is 0 Å². The lowest BCUT2D eigenvalue weighted by molar-refractivity contribution is 0.807. The zero-order valence-electron chi connectivity index (χ0n) is 18.7. The molecular formula is C27H28BrN3. The summed E-state index contributed by atoms with van der Waals surface area (Å²) in [5, 5.41) is 9.43. The van der Waals surface area contributed by atoms with E-state index in [9.17, 15) is 0 Å². The Bertz CT molecular complexity index is 1180. The molecule has 3 aromatic carbocycles. The molecule has 4 aromatic rings. The van der Waals surface area contributed by atoms with E-state index in [1.54, 1.807) is 0 Å². The summed E-state index contributed by atoms with van der Waals surface area (Å²) >= 11 is 3.55. The van der Waals surface area contributed by atoms with E-state index in [4.69, 9.17) is 10.2 Å². The minimum atomic E-state index is 0.374. The molecule has 0 aliphatic carbocycles. The van der Waals surface area contributed by atoms with Crippen LogP contribution in [0.1, 0.15) is 56.2 Å². The Labute approximate surface area is 193 Å². The first-order valence-electron chi connectivity index (χ1n) is 10.8. The Kier molecular flexibility index (Phi) is 6.10. The topological polar surface area (TPSA) is 30.7 Å². The summed E-state index contributed by atoms with van der Waals surface area (Å²) in [5.74, 6) is 2.49. The maximum absolute atomic E-state index is 4.72. The fraction of sp³-hybridized carbons (Fsp3) is 0.259. The second kappa shape index (κ2) is 8.80. The van der Waals surface area contributed by atoms with Crippen LogP contribution in [0.15, 0.2) is 71.2 Å². The first kappa shape index (κ1) is 21.5. The van der Waals surface area contributed by atoms with E-state index < -0.39 is 0 Å². The van der Waals surface area contributed by atoms with Gasteiger partial charge in [-0.2, -0.15) is 0 Å². The number of aryl methyl sites for hydroxylation is 1. The van der Waals surface area contributed by atoms with Crippen LogP contribution in [0, 0.1) is 6.92 Å². The Morgan fingerprint density at radius 1 is 0.710 bits per heavy atom. The van der Waals surface area contributed by atoms with Crippen LogP contribution in [-0.2, 0) is 0 Å². The van der Waals surface area contributed by atoms with Crippen molar-refractivity contribution in [3.05, 3.63) is 87.9 Å². The third-order valence-electron chi connectivity index (χ3n) is 5.72. The summed E-state index contributed by atoms with van der Waals surface area (Å²) in [7, 11) is 0. The second-order valence-corrected chi connectivity index (χ2v) is 9.51. The minimum absolute atomic E-state index is 0.374. The van der Waals surface area contributed by atoms with Gasteiger partial charge >= 0.3 is 0 Å². The first-order chi connectivity index (χ1) is 14.9. The molecule has 0 aliphatic heterocycles. The van der Waals surface area contributed by atoms with E-state index in [0.29, 0.717) is 11.8 Å². The SMILES string of the molecule is Cc1ccccc1-c1nnc(-c2ccc(Br)cc2)n1-c1c(C(C)C)cccc1C(C)C. The van der Waals surface area contributed by atoms with Crippen molar-refractivity contribution in [2.24, 2.45) is 0 Å². The van der Waals surface area contributed by atoms with E-state index in [1.807, 2.05) is 0 Å². The first-order valence-corrected chi connectivity index (χ1v) is 11.6. The Hall–Kier alpha value is -2.72. The summed E-state index contributed by atoms with van der Waals surface area (Å²) < 4.78 is 3.32. The molecule has 0 unspecified atom stereocenters. The standard InChI is InChI=1S/C27H28BrN3/c1-17(2)22-11-8-12-23(18(3)4)25(22)31-26(20-13-15-21(28)16-14-20)29-30-27(31)24-10-7-6-9-19(24)5/h6-18H,1-5H3. The molecule has 158 valence electrons. The minimum Gasteiger partial charge on any atom is -0.274 e. The number of halogens is 1.